The van der Waals surface area contributed by atoms with E-state index in [-0.39, 0.29) is 23.8 Å². The fraction of sp³-hybridized carbons (Fsp3) is 0.364. The topological polar surface area (TPSA) is 78.1 Å². The highest BCUT2D eigenvalue weighted by Crippen LogP contribution is 2.46. The second-order valence-corrected chi connectivity index (χ2v) is 10.3. The lowest BCUT2D eigenvalue weighted by molar-refractivity contribution is -0.116. The standard InChI is InChI=1S/C33H38N2O5/c1-6-38-28-14-13-22(19-31(28)39-7-2)33-32-26(34-24-10-8-9-11-25(24)35-33)16-23(17-27(32)36)21-12-15-29(40-20(3)4)30(18-21)37-5/h8-15,18-20,23,33-35H,6-7,16-17H2,1-5H3. The first kappa shape index (κ1) is 27.4. The lowest BCUT2D eigenvalue weighted by atomic mass is 9.78. The molecule has 2 N–H and O–H groups in total. The number of anilines is 2. The van der Waals surface area contributed by atoms with Crippen molar-refractivity contribution in [3.8, 4) is 23.0 Å². The Hall–Kier alpha value is -4.13. The predicted octanol–water partition coefficient (Wildman–Crippen LogP) is 7.26. The van der Waals surface area contributed by atoms with Gasteiger partial charge in [-0.25, -0.2) is 0 Å². The van der Waals surface area contributed by atoms with Crippen molar-refractivity contribution in [1.29, 1.82) is 0 Å². The van der Waals surface area contributed by atoms with Gasteiger partial charge < -0.3 is 29.6 Å². The highest BCUT2D eigenvalue weighted by atomic mass is 16.5. The third-order valence-electron chi connectivity index (χ3n) is 7.23. The monoisotopic (exact) mass is 542 g/mol. The molecule has 7 heteroatoms. The van der Waals surface area contributed by atoms with E-state index in [1.807, 2.05) is 88.4 Å². The minimum atomic E-state index is -0.342. The zero-order valence-corrected chi connectivity index (χ0v) is 23.9. The van der Waals surface area contributed by atoms with Gasteiger partial charge in [0.25, 0.3) is 0 Å². The molecule has 1 aliphatic carbocycles. The lowest BCUT2D eigenvalue weighted by Crippen LogP contribution is -2.27. The second kappa shape index (κ2) is 11.9. The van der Waals surface area contributed by atoms with Crippen molar-refractivity contribution in [1.82, 2.24) is 0 Å². The number of allylic oxidation sites excluding steroid dienone is 1. The van der Waals surface area contributed by atoms with Gasteiger partial charge in [-0.1, -0.05) is 24.3 Å². The molecular weight excluding hydrogens is 504 g/mol. The van der Waals surface area contributed by atoms with Gasteiger partial charge in [0.05, 0.1) is 43.8 Å². The summed E-state index contributed by atoms with van der Waals surface area (Å²) in [4.78, 5) is 14.0. The first-order valence-electron chi connectivity index (χ1n) is 14.0. The molecule has 0 amide bonds. The van der Waals surface area contributed by atoms with Gasteiger partial charge in [-0.15, -0.1) is 0 Å². The Labute approximate surface area is 236 Å². The van der Waals surface area contributed by atoms with Crippen LogP contribution >= 0.6 is 0 Å². The molecular formula is C33H38N2O5. The van der Waals surface area contributed by atoms with Crippen LogP contribution in [0.4, 0.5) is 11.4 Å². The van der Waals surface area contributed by atoms with Crippen molar-refractivity contribution in [3.05, 3.63) is 83.1 Å². The molecule has 0 saturated heterocycles. The summed E-state index contributed by atoms with van der Waals surface area (Å²) in [6, 6.07) is 19.6. The summed E-state index contributed by atoms with van der Waals surface area (Å²) in [5, 5.41) is 7.26. The van der Waals surface area contributed by atoms with Crippen molar-refractivity contribution in [3.63, 3.8) is 0 Å². The first-order valence-corrected chi connectivity index (χ1v) is 14.0. The fourth-order valence-corrected chi connectivity index (χ4v) is 5.51. The molecule has 40 heavy (non-hydrogen) atoms. The molecule has 7 nitrogen and oxygen atoms in total. The van der Waals surface area contributed by atoms with Gasteiger partial charge in [0, 0.05) is 17.7 Å². The number of para-hydroxylation sites is 2. The molecule has 2 aliphatic rings. The molecule has 3 aromatic carbocycles. The number of Topliss-reactive ketones (excluding diaryl/α,β-unsaturated/α-hetero) is 1. The van der Waals surface area contributed by atoms with Crippen LogP contribution in [0.1, 0.15) is 63.6 Å². The van der Waals surface area contributed by atoms with Crippen molar-refractivity contribution >= 4 is 17.2 Å². The normalized spacial score (nSPS) is 18.2. The van der Waals surface area contributed by atoms with Crippen molar-refractivity contribution < 1.29 is 23.7 Å². The maximum atomic E-state index is 14.0. The number of methoxy groups -OCH3 is 1. The molecule has 0 spiro atoms. The van der Waals surface area contributed by atoms with E-state index in [0.717, 1.165) is 33.8 Å². The van der Waals surface area contributed by atoms with Gasteiger partial charge in [-0.2, -0.15) is 0 Å². The summed E-state index contributed by atoms with van der Waals surface area (Å²) >= 11 is 0. The summed E-state index contributed by atoms with van der Waals surface area (Å²) in [5.74, 6) is 2.87. The van der Waals surface area contributed by atoms with Crippen molar-refractivity contribution in [2.24, 2.45) is 0 Å². The molecule has 210 valence electrons. The van der Waals surface area contributed by atoms with E-state index < -0.39 is 0 Å². The Morgan fingerprint density at radius 3 is 2.23 bits per heavy atom. The molecule has 5 rings (SSSR count). The molecule has 0 aromatic heterocycles. The number of rotatable bonds is 9. The van der Waals surface area contributed by atoms with Crippen molar-refractivity contribution in [2.75, 3.05) is 31.0 Å². The highest BCUT2D eigenvalue weighted by molar-refractivity contribution is 6.01. The SMILES string of the molecule is CCOc1ccc(C2Nc3ccccc3NC3=C2C(=O)CC(c2ccc(OC(C)C)c(OC)c2)C3)cc1OCC. The van der Waals surface area contributed by atoms with E-state index in [0.29, 0.717) is 49.1 Å². The summed E-state index contributed by atoms with van der Waals surface area (Å²) in [6.07, 6.45) is 1.13. The van der Waals surface area contributed by atoms with Crippen LogP contribution in [0.2, 0.25) is 0 Å². The van der Waals surface area contributed by atoms with Gasteiger partial charge in [-0.05, 0) is 87.6 Å². The second-order valence-electron chi connectivity index (χ2n) is 10.3. The Morgan fingerprint density at radius 2 is 1.50 bits per heavy atom. The first-order chi connectivity index (χ1) is 19.4. The van der Waals surface area contributed by atoms with E-state index in [4.69, 9.17) is 18.9 Å². The van der Waals surface area contributed by atoms with Crippen molar-refractivity contribution in [2.45, 2.75) is 58.6 Å². The number of benzene rings is 3. The number of hydrogen-bond donors (Lipinski definition) is 2. The van der Waals surface area contributed by atoms with E-state index in [1.165, 1.54) is 0 Å². The number of carbonyl (C=O) groups excluding carboxylic acids is 1. The zero-order valence-electron chi connectivity index (χ0n) is 23.9. The molecule has 0 radical (unpaired) electrons. The third-order valence-corrected chi connectivity index (χ3v) is 7.23. The molecule has 0 saturated carbocycles. The molecule has 0 bridgehead atoms. The van der Waals surface area contributed by atoms with E-state index in [9.17, 15) is 4.79 Å². The number of ether oxygens (including phenoxy) is 4. The van der Waals surface area contributed by atoms with Crippen LogP contribution in [0.5, 0.6) is 23.0 Å². The Bertz CT molecular complexity index is 1410. The van der Waals surface area contributed by atoms with E-state index in [1.54, 1.807) is 7.11 Å². The zero-order chi connectivity index (χ0) is 28.2. The molecule has 3 aromatic rings. The van der Waals surface area contributed by atoms with Crippen LogP contribution < -0.4 is 29.6 Å². The third kappa shape index (κ3) is 5.60. The fourth-order valence-electron chi connectivity index (χ4n) is 5.51. The van der Waals surface area contributed by atoms with Crippen LogP contribution in [0.3, 0.4) is 0 Å². The quantitative estimate of drug-likeness (QED) is 0.295. The van der Waals surface area contributed by atoms with Gasteiger partial charge in [-0.3, -0.25) is 4.79 Å². The Morgan fingerprint density at radius 1 is 0.825 bits per heavy atom. The summed E-state index contributed by atoms with van der Waals surface area (Å²) in [6.45, 7) is 8.95. The van der Waals surface area contributed by atoms with Crippen LogP contribution in [-0.4, -0.2) is 32.2 Å². The van der Waals surface area contributed by atoms with Crippen LogP contribution in [0.25, 0.3) is 0 Å². The number of nitrogens with one attached hydrogen (secondary N) is 2. The molecule has 1 heterocycles. The summed E-state index contributed by atoms with van der Waals surface area (Å²) < 4.78 is 23.3. The number of carbonyl (C=O) groups is 1. The Kier molecular flexibility index (Phi) is 8.19. The number of hydrogen-bond acceptors (Lipinski definition) is 7. The molecule has 0 fully saturated rings. The van der Waals surface area contributed by atoms with Crippen LogP contribution in [0.15, 0.2) is 71.9 Å². The largest absolute Gasteiger partial charge is 0.493 e. The molecule has 1 aliphatic heterocycles. The van der Waals surface area contributed by atoms with Gasteiger partial charge >= 0.3 is 0 Å². The smallest absolute Gasteiger partial charge is 0.163 e. The highest BCUT2D eigenvalue weighted by Gasteiger charge is 2.36. The minimum absolute atomic E-state index is 0.00554. The van der Waals surface area contributed by atoms with Crippen LogP contribution in [-0.2, 0) is 4.79 Å². The van der Waals surface area contributed by atoms with Gasteiger partial charge in [0.2, 0.25) is 0 Å². The Balaban J connectivity index is 1.55. The average molecular weight is 543 g/mol. The summed E-state index contributed by atoms with van der Waals surface area (Å²) in [7, 11) is 1.65. The van der Waals surface area contributed by atoms with Gasteiger partial charge in [0.1, 0.15) is 0 Å². The number of ketones is 1. The average Bonchev–Trinajstić information content (AvgIpc) is 3.11. The van der Waals surface area contributed by atoms with E-state index in [2.05, 4.69) is 10.6 Å². The summed E-state index contributed by atoms with van der Waals surface area (Å²) in [5.41, 5.74) is 5.57. The molecule has 2 unspecified atom stereocenters. The predicted molar refractivity (Wildman–Crippen MR) is 158 cm³/mol. The maximum absolute atomic E-state index is 14.0. The maximum Gasteiger partial charge on any atom is 0.163 e. The van der Waals surface area contributed by atoms with Gasteiger partial charge in [0.15, 0.2) is 28.8 Å². The van der Waals surface area contributed by atoms with E-state index >= 15 is 0 Å². The van der Waals surface area contributed by atoms with Crippen LogP contribution in [0, 0.1) is 0 Å². The number of fused-ring (bicyclic) bond motifs is 1. The molecule has 2 atom stereocenters. The lowest BCUT2D eigenvalue weighted by Gasteiger charge is -2.30. The minimum Gasteiger partial charge on any atom is -0.493 e.